The number of hydrogen-bond acceptors (Lipinski definition) is 3. The van der Waals surface area contributed by atoms with Gasteiger partial charge in [0.1, 0.15) is 5.75 Å². The summed E-state index contributed by atoms with van der Waals surface area (Å²) < 4.78 is 0.703. The Labute approximate surface area is 113 Å². The SMILES string of the molecule is O=C1CCCN(C(=O)c2ccc(I)c(O)c2)C1. The predicted octanol–water partition coefficient (Wildman–Crippen LogP) is 1.80. The largest absolute Gasteiger partial charge is 0.507 e. The van der Waals surface area contributed by atoms with E-state index < -0.39 is 0 Å². The number of aromatic hydroxyl groups is 1. The first-order valence-corrected chi connectivity index (χ1v) is 6.45. The van der Waals surface area contributed by atoms with Crippen LogP contribution in [0.1, 0.15) is 23.2 Å². The van der Waals surface area contributed by atoms with Crippen LogP contribution in [-0.2, 0) is 4.79 Å². The summed E-state index contributed by atoms with van der Waals surface area (Å²) in [5.41, 5.74) is 0.428. The van der Waals surface area contributed by atoms with Gasteiger partial charge in [0.2, 0.25) is 0 Å². The third-order valence-corrected chi connectivity index (χ3v) is 3.64. The maximum Gasteiger partial charge on any atom is 0.254 e. The molecule has 1 saturated heterocycles. The van der Waals surface area contributed by atoms with Crippen molar-refractivity contribution < 1.29 is 14.7 Å². The van der Waals surface area contributed by atoms with Gasteiger partial charge in [-0.3, -0.25) is 9.59 Å². The number of carbonyl (C=O) groups excluding carboxylic acids is 2. The number of benzene rings is 1. The molecule has 1 aliphatic rings. The average molecular weight is 345 g/mol. The molecule has 0 aromatic heterocycles. The van der Waals surface area contributed by atoms with Crippen LogP contribution in [0.25, 0.3) is 0 Å². The van der Waals surface area contributed by atoms with Gasteiger partial charge in [-0.1, -0.05) is 0 Å². The number of nitrogens with zero attached hydrogens (tertiary/aromatic N) is 1. The van der Waals surface area contributed by atoms with Crippen LogP contribution in [-0.4, -0.2) is 34.8 Å². The van der Waals surface area contributed by atoms with Gasteiger partial charge in [-0.05, 0) is 47.2 Å². The molecule has 0 unspecified atom stereocenters. The third-order valence-electron chi connectivity index (χ3n) is 2.73. The third kappa shape index (κ3) is 2.77. The minimum absolute atomic E-state index is 0.0966. The van der Waals surface area contributed by atoms with E-state index in [9.17, 15) is 14.7 Å². The number of carbonyl (C=O) groups is 2. The zero-order valence-corrected chi connectivity index (χ0v) is 11.3. The normalized spacial score (nSPS) is 16.1. The average Bonchev–Trinajstić information content (AvgIpc) is 2.32. The maximum atomic E-state index is 12.1. The monoisotopic (exact) mass is 345 g/mol. The first-order valence-electron chi connectivity index (χ1n) is 5.37. The molecule has 1 fully saturated rings. The molecule has 0 saturated carbocycles. The lowest BCUT2D eigenvalue weighted by Crippen LogP contribution is -2.40. The maximum absolute atomic E-state index is 12.1. The van der Waals surface area contributed by atoms with Crippen LogP contribution < -0.4 is 0 Å². The van der Waals surface area contributed by atoms with Gasteiger partial charge in [0.25, 0.3) is 5.91 Å². The molecule has 17 heavy (non-hydrogen) atoms. The van der Waals surface area contributed by atoms with E-state index in [0.717, 1.165) is 6.42 Å². The highest BCUT2D eigenvalue weighted by Crippen LogP contribution is 2.22. The number of halogens is 1. The molecule has 0 bridgehead atoms. The van der Waals surface area contributed by atoms with Crippen molar-refractivity contribution >= 4 is 34.3 Å². The fourth-order valence-corrected chi connectivity index (χ4v) is 2.18. The molecule has 1 aromatic rings. The van der Waals surface area contributed by atoms with E-state index in [1.54, 1.807) is 12.1 Å². The Balaban J connectivity index is 2.18. The number of rotatable bonds is 1. The second-order valence-electron chi connectivity index (χ2n) is 4.04. The zero-order valence-electron chi connectivity index (χ0n) is 9.15. The lowest BCUT2D eigenvalue weighted by molar-refractivity contribution is -0.121. The zero-order chi connectivity index (χ0) is 12.4. The van der Waals surface area contributed by atoms with E-state index >= 15 is 0 Å². The highest BCUT2D eigenvalue weighted by atomic mass is 127. The minimum Gasteiger partial charge on any atom is -0.507 e. The minimum atomic E-state index is -0.190. The molecule has 1 heterocycles. The second kappa shape index (κ2) is 5.03. The molecule has 5 heteroatoms. The molecule has 0 atom stereocenters. The summed E-state index contributed by atoms with van der Waals surface area (Å²) in [6.07, 6.45) is 1.28. The van der Waals surface area contributed by atoms with Crippen LogP contribution in [0.3, 0.4) is 0 Å². The van der Waals surface area contributed by atoms with E-state index in [-0.39, 0.29) is 24.0 Å². The summed E-state index contributed by atoms with van der Waals surface area (Å²) in [6, 6.07) is 4.81. The number of ketones is 1. The van der Waals surface area contributed by atoms with Crippen LogP contribution in [0.2, 0.25) is 0 Å². The Morgan fingerprint density at radius 3 is 2.82 bits per heavy atom. The molecule has 4 nitrogen and oxygen atoms in total. The summed E-state index contributed by atoms with van der Waals surface area (Å²) in [5.74, 6) is 0.00358. The fourth-order valence-electron chi connectivity index (χ4n) is 1.84. The van der Waals surface area contributed by atoms with E-state index in [0.29, 0.717) is 22.1 Å². The number of piperidine rings is 1. The second-order valence-corrected chi connectivity index (χ2v) is 5.20. The smallest absolute Gasteiger partial charge is 0.254 e. The Hall–Kier alpha value is -1.11. The summed E-state index contributed by atoms with van der Waals surface area (Å²) in [7, 11) is 0. The van der Waals surface area contributed by atoms with Crippen molar-refractivity contribution in [1.29, 1.82) is 0 Å². The summed E-state index contributed by atoms with van der Waals surface area (Å²) in [5, 5.41) is 9.55. The molecule has 0 radical (unpaired) electrons. The molecule has 1 aromatic carbocycles. The number of hydrogen-bond donors (Lipinski definition) is 1. The standard InChI is InChI=1S/C12H12INO3/c13-10-4-3-8(6-11(10)16)12(17)14-5-1-2-9(15)7-14/h3-4,6,16H,1-2,5,7H2. The Morgan fingerprint density at radius 1 is 1.41 bits per heavy atom. The Kier molecular flexibility index (Phi) is 3.66. The van der Waals surface area contributed by atoms with Gasteiger partial charge in [-0.25, -0.2) is 0 Å². The molecule has 1 amide bonds. The van der Waals surface area contributed by atoms with Crippen molar-refractivity contribution in [1.82, 2.24) is 4.90 Å². The number of phenolic OH excluding ortho intramolecular Hbond substituents is 1. The molecule has 0 spiro atoms. The quantitative estimate of drug-likeness (QED) is 0.790. The number of amides is 1. The Bertz CT molecular complexity index is 473. The van der Waals surface area contributed by atoms with Gasteiger partial charge in [0.05, 0.1) is 10.1 Å². The van der Waals surface area contributed by atoms with Gasteiger partial charge in [-0.15, -0.1) is 0 Å². The first-order chi connectivity index (χ1) is 8.08. The highest BCUT2D eigenvalue weighted by Gasteiger charge is 2.22. The van der Waals surface area contributed by atoms with Crippen LogP contribution >= 0.6 is 22.6 Å². The first kappa shape index (κ1) is 12.3. The summed E-state index contributed by atoms with van der Waals surface area (Å²) in [4.78, 5) is 24.9. The predicted molar refractivity (Wildman–Crippen MR) is 71.0 cm³/mol. The molecule has 0 aliphatic carbocycles. The lowest BCUT2D eigenvalue weighted by Gasteiger charge is -2.25. The van der Waals surface area contributed by atoms with Crippen molar-refractivity contribution in [3.8, 4) is 5.75 Å². The molecule has 90 valence electrons. The van der Waals surface area contributed by atoms with E-state index in [4.69, 9.17) is 0 Å². The van der Waals surface area contributed by atoms with Crippen molar-refractivity contribution in [2.75, 3.05) is 13.1 Å². The fraction of sp³-hybridized carbons (Fsp3) is 0.333. The van der Waals surface area contributed by atoms with E-state index in [2.05, 4.69) is 0 Å². The topological polar surface area (TPSA) is 57.6 Å². The van der Waals surface area contributed by atoms with Crippen molar-refractivity contribution in [2.24, 2.45) is 0 Å². The summed E-state index contributed by atoms with van der Waals surface area (Å²) >= 11 is 1.99. The van der Waals surface area contributed by atoms with Crippen molar-refractivity contribution in [3.63, 3.8) is 0 Å². The summed E-state index contributed by atoms with van der Waals surface area (Å²) in [6.45, 7) is 0.795. The van der Waals surface area contributed by atoms with Gasteiger partial charge < -0.3 is 10.0 Å². The lowest BCUT2D eigenvalue weighted by atomic mass is 10.1. The van der Waals surface area contributed by atoms with Crippen LogP contribution in [0.5, 0.6) is 5.75 Å². The number of phenols is 1. The van der Waals surface area contributed by atoms with Gasteiger partial charge >= 0.3 is 0 Å². The molecule has 1 aliphatic heterocycles. The van der Waals surface area contributed by atoms with E-state index in [1.165, 1.54) is 11.0 Å². The van der Waals surface area contributed by atoms with Gasteiger partial charge in [0, 0.05) is 18.5 Å². The van der Waals surface area contributed by atoms with Gasteiger partial charge in [0.15, 0.2) is 5.78 Å². The molecule has 2 rings (SSSR count). The molecule has 1 N–H and O–H groups in total. The van der Waals surface area contributed by atoms with Crippen LogP contribution in [0.15, 0.2) is 18.2 Å². The van der Waals surface area contributed by atoms with Crippen molar-refractivity contribution in [2.45, 2.75) is 12.8 Å². The van der Waals surface area contributed by atoms with Gasteiger partial charge in [-0.2, -0.15) is 0 Å². The van der Waals surface area contributed by atoms with Crippen LogP contribution in [0.4, 0.5) is 0 Å². The van der Waals surface area contributed by atoms with E-state index in [1.807, 2.05) is 22.6 Å². The highest BCUT2D eigenvalue weighted by molar-refractivity contribution is 14.1. The molecular formula is C12H12INO3. The number of likely N-dealkylation sites (tertiary alicyclic amines) is 1. The Morgan fingerprint density at radius 2 is 2.18 bits per heavy atom. The molecular weight excluding hydrogens is 333 g/mol. The van der Waals surface area contributed by atoms with Crippen LogP contribution in [0, 0.1) is 3.57 Å². The number of Topliss-reactive ketones (excluding diaryl/α,β-unsaturated/α-hetero) is 1. The van der Waals surface area contributed by atoms with Crippen molar-refractivity contribution in [3.05, 3.63) is 27.3 Å².